The minimum atomic E-state index is -1.97. The zero-order valence-electron chi connectivity index (χ0n) is 27.5. The molecule has 0 aromatic heterocycles. The van der Waals surface area contributed by atoms with Gasteiger partial charge >= 0.3 is 0 Å². The summed E-state index contributed by atoms with van der Waals surface area (Å²) in [7, 11) is -3.89. The molecule has 0 aromatic carbocycles. The molecule has 6 unspecified atom stereocenters. The minimum absolute atomic E-state index is 0.0139. The molecule has 39 heavy (non-hydrogen) atoms. The highest BCUT2D eigenvalue weighted by molar-refractivity contribution is 6.74. The number of rotatable bonds is 7. The van der Waals surface area contributed by atoms with Crippen molar-refractivity contribution in [3.8, 4) is 0 Å². The summed E-state index contributed by atoms with van der Waals surface area (Å²) in [6.45, 7) is 32.6. The molecule has 5 heteroatoms. The second-order valence-corrected chi connectivity index (χ2v) is 25.9. The molecular weight excluding hydrogens is 513 g/mol. The first-order valence-corrected chi connectivity index (χ1v) is 21.4. The lowest BCUT2D eigenvalue weighted by molar-refractivity contribution is -0.113. The van der Waals surface area contributed by atoms with E-state index in [1.54, 1.807) is 5.57 Å². The first-order valence-electron chi connectivity index (χ1n) is 15.6. The van der Waals surface area contributed by atoms with Gasteiger partial charge in [-0.3, -0.25) is 0 Å². The van der Waals surface area contributed by atoms with E-state index in [-0.39, 0.29) is 33.6 Å². The van der Waals surface area contributed by atoms with Crippen molar-refractivity contribution in [1.82, 2.24) is 0 Å². The Balaban J connectivity index is 1.93. The number of hydrogen-bond donors (Lipinski definition) is 0. The molecule has 0 aromatic rings. The normalized spacial score (nSPS) is 33.9. The van der Waals surface area contributed by atoms with Gasteiger partial charge in [-0.25, -0.2) is 0 Å². The largest absolute Gasteiger partial charge is 0.413 e. The summed E-state index contributed by atoms with van der Waals surface area (Å²) < 4.78 is 14.0. The van der Waals surface area contributed by atoms with E-state index in [9.17, 15) is 4.79 Å². The first kappa shape index (κ1) is 32.8. The van der Waals surface area contributed by atoms with Gasteiger partial charge in [0, 0.05) is 12.3 Å². The number of carbonyl (C=O) groups excluding carboxylic acids is 1. The number of fused-ring (bicyclic) bond motifs is 1. The molecule has 3 rings (SSSR count). The summed E-state index contributed by atoms with van der Waals surface area (Å²) in [5.41, 5.74) is 4.29. The third kappa shape index (κ3) is 6.84. The molecule has 3 aliphatic rings. The molecule has 0 heterocycles. The topological polar surface area (TPSA) is 35.5 Å². The number of aldehydes is 1. The van der Waals surface area contributed by atoms with Crippen molar-refractivity contribution in [3.05, 3.63) is 35.5 Å². The monoisotopic (exact) mass is 572 g/mol. The maximum atomic E-state index is 11.7. The highest BCUT2D eigenvalue weighted by Crippen LogP contribution is 2.59. The van der Waals surface area contributed by atoms with Gasteiger partial charge in [-0.1, -0.05) is 79.7 Å². The lowest BCUT2D eigenvalue weighted by atomic mass is 9.61. The van der Waals surface area contributed by atoms with Crippen LogP contribution in [0.5, 0.6) is 0 Å². The Labute approximate surface area is 243 Å². The molecule has 3 saturated carbocycles. The van der Waals surface area contributed by atoms with E-state index < -0.39 is 16.6 Å². The van der Waals surface area contributed by atoms with Crippen LogP contribution in [-0.2, 0) is 13.6 Å². The van der Waals surface area contributed by atoms with Crippen LogP contribution in [0, 0.1) is 23.2 Å². The van der Waals surface area contributed by atoms with Crippen LogP contribution in [0.4, 0.5) is 0 Å². The molecule has 0 amide bonds. The summed E-state index contributed by atoms with van der Waals surface area (Å²) in [6, 6.07) is 0. The Morgan fingerprint density at radius 2 is 1.56 bits per heavy atom. The van der Waals surface area contributed by atoms with Crippen LogP contribution < -0.4 is 0 Å². The molecule has 0 aliphatic heterocycles. The SMILES string of the molecule is C=C1C(=CC=C2CCCC3(C)C2CCC3C(C)C=O)CC(O[Si](C)(C)C(C)(C)C)CC1O[Si](C)(C)C(C)(C)C. The van der Waals surface area contributed by atoms with E-state index >= 15 is 0 Å². The van der Waals surface area contributed by atoms with Crippen molar-refractivity contribution >= 4 is 22.9 Å². The van der Waals surface area contributed by atoms with E-state index in [0.29, 0.717) is 11.8 Å². The van der Waals surface area contributed by atoms with E-state index in [1.165, 1.54) is 44.0 Å². The molecule has 3 fully saturated rings. The predicted octanol–water partition coefficient (Wildman–Crippen LogP) is 10.0. The predicted molar refractivity (Wildman–Crippen MR) is 172 cm³/mol. The Bertz CT molecular complexity index is 977. The van der Waals surface area contributed by atoms with Gasteiger partial charge in [0.05, 0.1) is 12.2 Å². The van der Waals surface area contributed by atoms with Crippen molar-refractivity contribution in [2.24, 2.45) is 23.2 Å². The lowest BCUT2D eigenvalue weighted by Gasteiger charge is -2.45. The van der Waals surface area contributed by atoms with Crippen LogP contribution >= 0.6 is 0 Å². The van der Waals surface area contributed by atoms with Gasteiger partial charge in [0.1, 0.15) is 6.29 Å². The van der Waals surface area contributed by atoms with Crippen molar-refractivity contribution in [1.29, 1.82) is 0 Å². The van der Waals surface area contributed by atoms with E-state index in [1.807, 2.05) is 0 Å². The minimum Gasteiger partial charge on any atom is -0.413 e. The summed E-state index contributed by atoms with van der Waals surface area (Å²) in [5, 5.41) is 0.323. The molecule has 3 nitrogen and oxygen atoms in total. The Morgan fingerprint density at radius 1 is 0.974 bits per heavy atom. The standard InChI is InChI=1S/C34H60O3Si2/c1-24(23-35)29-18-19-30-26(15-14-20-34(29,30)9)16-17-27-21-28(36-38(10,11)32(3,4)5)22-31(25(27)2)37-39(12,13)33(6,7)8/h16-17,23-24,28-31H,2,14-15,18-22H2,1,3-13H3. The van der Waals surface area contributed by atoms with Gasteiger partial charge in [-0.05, 0) is 103 Å². The van der Waals surface area contributed by atoms with Crippen molar-refractivity contribution in [2.75, 3.05) is 0 Å². The highest BCUT2D eigenvalue weighted by atomic mass is 28.4. The Kier molecular flexibility index (Phi) is 9.65. The smallest absolute Gasteiger partial charge is 0.192 e. The molecule has 222 valence electrons. The van der Waals surface area contributed by atoms with Gasteiger partial charge in [0.25, 0.3) is 0 Å². The summed E-state index contributed by atoms with van der Waals surface area (Å²) in [6.07, 6.45) is 14.0. The first-order chi connectivity index (χ1) is 17.7. The number of carbonyl (C=O) groups is 1. The van der Waals surface area contributed by atoms with Crippen LogP contribution in [0.15, 0.2) is 35.5 Å². The molecular formula is C34H60O3Si2. The Hall–Kier alpha value is -0.756. The number of hydrogen-bond acceptors (Lipinski definition) is 3. The fraction of sp³-hybridized carbons (Fsp3) is 0.794. The summed E-state index contributed by atoms with van der Waals surface area (Å²) >= 11 is 0. The van der Waals surface area contributed by atoms with Gasteiger partial charge in [0.15, 0.2) is 16.6 Å². The zero-order valence-corrected chi connectivity index (χ0v) is 29.5. The average molecular weight is 573 g/mol. The van der Waals surface area contributed by atoms with Crippen LogP contribution in [-0.4, -0.2) is 35.1 Å². The molecule has 0 radical (unpaired) electrons. The second kappa shape index (κ2) is 11.5. The van der Waals surface area contributed by atoms with Crippen molar-refractivity contribution in [2.45, 2.75) is 149 Å². The highest BCUT2D eigenvalue weighted by Gasteiger charge is 2.51. The van der Waals surface area contributed by atoms with Crippen molar-refractivity contribution < 1.29 is 13.6 Å². The summed E-state index contributed by atoms with van der Waals surface area (Å²) in [4.78, 5) is 11.7. The van der Waals surface area contributed by atoms with Crippen LogP contribution in [0.2, 0.25) is 36.3 Å². The fourth-order valence-electron chi connectivity index (χ4n) is 7.00. The van der Waals surface area contributed by atoms with E-state index in [2.05, 4.69) is 100 Å². The average Bonchev–Trinajstić information content (AvgIpc) is 3.15. The second-order valence-electron chi connectivity index (χ2n) is 16.4. The molecule has 0 N–H and O–H groups in total. The molecule has 0 bridgehead atoms. The van der Waals surface area contributed by atoms with Crippen molar-refractivity contribution in [3.63, 3.8) is 0 Å². The number of allylic oxidation sites excluding steroid dienone is 3. The molecule has 3 aliphatic carbocycles. The molecule has 0 saturated heterocycles. The van der Waals surface area contributed by atoms with Gasteiger partial charge in [0.2, 0.25) is 0 Å². The maximum absolute atomic E-state index is 11.7. The van der Waals surface area contributed by atoms with Crippen LogP contribution in [0.25, 0.3) is 0 Å². The third-order valence-corrected chi connectivity index (χ3v) is 20.6. The van der Waals surface area contributed by atoms with Gasteiger partial charge < -0.3 is 13.6 Å². The van der Waals surface area contributed by atoms with Crippen LogP contribution in [0.3, 0.4) is 0 Å². The van der Waals surface area contributed by atoms with E-state index in [4.69, 9.17) is 8.85 Å². The quantitative estimate of drug-likeness (QED) is 0.225. The molecule has 6 atom stereocenters. The Morgan fingerprint density at radius 3 is 2.13 bits per heavy atom. The lowest BCUT2D eigenvalue weighted by Crippen LogP contribution is -2.49. The zero-order chi connectivity index (χ0) is 29.6. The van der Waals surface area contributed by atoms with Crippen LogP contribution in [0.1, 0.15) is 100 Å². The summed E-state index contributed by atoms with van der Waals surface area (Å²) in [5.74, 6) is 1.24. The third-order valence-electron chi connectivity index (χ3n) is 11.6. The van der Waals surface area contributed by atoms with E-state index in [0.717, 1.165) is 18.4 Å². The molecule has 0 spiro atoms. The fourth-order valence-corrected chi connectivity index (χ4v) is 9.67. The van der Waals surface area contributed by atoms with Gasteiger partial charge in [-0.2, -0.15) is 0 Å². The maximum Gasteiger partial charge on any atom is 0.192 e. The van der Waals surface area contributed by atoms with Gasteiger partial charge in [-0.15, -0.1) is 0 Å².